The second-order valence-corrected chi connectivity index (χ2v) is 4.30. The molecule has 6 heteroatoms. The maximum Gasteiger partial charge on any atom is 0.178 e. The van der Waals surface area contributed by atoms with Crippen molar-refractivity contribution in [1.82, 2.24) is 10.2 Å². The van der Waals surface area contributed by atoms with Gasteiger partial charge in [-0.15, -0.1) is 5.10 Å². The molecule has 0 fully saturated rings. The molecule has 0 bridgehead atoms. The van der Waals surface area contributed by atoms with Crippen LogP contribution in [0.3, 0.4) is 0 Å². The summed E-state index contributed by atoms with van der Waals surface area (Å²) in [5.41, 5.74) is 0. The van der Waals surface area contributed by atoms with Crippen LogP contribution >= 0.6 is 11.6 Å². The van der Waals surface area contributed by atoms with E-state index in [1.165, 1.54) is 12.3 Å². The van der Waals surface area contributed by atoms with E-state index in [4.69, 9.17) is 11.6 Å². The maximum absolute atomic E-state index is 10.9. The van der Waals surface area contributed by atoms with Crippen molar-refractivity contribution in [2.45, 2.75) is 4.90 Å². The zero-order valence-corrected chi connectivity index (χ0v) is 7.22. The molecular formula is C5H5ClN2O2S. The first-order chi connectivity index (χ1) is 5.02. The molecule has 11 heavy (non-hydrogen) atoms. The van der Waals surface area contributed by atoms with Gasteiger partial charge >= 0.3 is 0 Å². The highest BCUT2D eigenvalue weighted by Crippen LogP contribution is 2.15. The number of rotatable bonds is 1. The molecule has 1 aromatic heterocycles. The van der Waals surface area contributed by atoms with Crippen LogP contribution in [-0.4, -0.2) is 24.9 Å². The van der Waals surface area contributed by atoms with Crippen molar-refractivity contribution in [2.24, 2.45) is 0 Å². The molecule has 0 spiro atoms. The Bertz CT molecular complexity index is 363. The number of hydrogen-bond donors (Lipinski definition) is 0. The smallest absolute Gasteiger partial charge is 0.178 e. The number of halogens is 1. The summed E-state index contributed by atoms with van der Waals surface area (Å²) in [7, 11) is -3.27. The summed E-state index contributed by atoms with van der Waals surface area (Å²) in [5.74, 6) is 0. The number of hydrogen-bond acceptors (Lipinski definition) is 4. The Morgan fingerprint density at radius 1 is 1.55 bits per heavy atom. The van der Waals surface area contributed by atoms with Gasteiger partial charge in [-0.2, -0.15) is 5.10 Å². The molecule has 0 aliphatic heterocycles. The predicted octanol–water partition coefficient (Wildman–Crippen LogP) is 0.533. The van der Waals surface area contributed by atoms with Crippen molar-refractivity contribution >= 4 is 21.4 Å². The van der Waals surface area contributed by atoms with Gasteiger partial charge in [0, 0.05) is 6.26 Å². The van der Waals surface area contributed by atoms with Gasteiger partial charge < -0.3 is 0 Å². The van der Waals surface area contributed by atoms with Crippen LogP contribution in [0.25, 0.3) is 0 Å². The topological polar surface area (TPSA) is 59.9 Å². The highest BCUT2D eigenvalue weighted by molar-refractivity contribution is 7.90. The van der Waals surface area contributed by atoms with Crippen LogP contribution in [0, 0.1) is 0 Å². The minimum atomic E-state index is -3.27. The van der Waals surface area contributed by atoms with Gasteiger partial charge in [0.1, 0.15) is 4.90 Å². The van der Waals surface area contributed by atoms with Gasteiger partial charge in [-0.25, -0.2) is 8.42 Å². The summed E-state index contributed by atoms with van der Waals surface area (Å²) in [6.45, 7) is 0. The largest absolute Gasteiger partial charge is 0.224 e. The molecule has 0 aromatic carbocycles. The van der Waals surface area contributed by atoms with Gasteiger partial charge in [-0.05, 0) is 6.07 Å². The Morgan fingerprint density at radius 2 is 2.18 bits per heavy atom. The van der Waals surface area contributed by atoms with E-state index in [0.29, 0.717) is 0 Å². The highest BCUT2D eigenvalue weighted by atomic mass is 35.5. The molecule has 0 saturated carbocycles. The van der Waals surface area contributed by atoms with Crippen molar-refractivity contribution in [3.63, 3.8) is 0 Å². The van der Waals surface area contributed by atoms with Crippen molar-refractivity contribution < 1.29 is 8.42 Å². The molecule has 0 amide bonds. The monoisotopic (exact) mass is 192 g/mol. The molecule has 1 heterocycles. The fourth-order valence-corrected chi connectivity index (χ4v) is 1.76. The van der Waals surface area contributed by atoms with E-state index in [1.54, 1.807) is 0 Å². The van der Waals surface area contributed by atoms with E-state index in [1.807, 2.05) is 0 Å². The van der Waals surface area contributed by atoms with Crippen LogP contribution in [0.1, 0.15) is 0 Å². The zero-order chi connectivity index (χ0) is 8.48. The Morgan fingerprint density at radius 3 is 2.55 bits per heavy atom. The minimum absolute atomic E-state index is 0.00849. The summed E-state index contributed by atoms with van der Waals surface area (Å²) < 4.78 is 21.8. The molecule has 0 radical (unpaired) electrons. The molecule has 0 aliphatic rings. The van der Waals surface area contributed by atoms with Crippen LogP contribution in [0.15, 0.2) is 17.2 Å². The summed E-state index contributed by atoms with van der Waals surface area (Å²) in [6, 6.07) is 1.31. The van der Waals surface area contributed by atoms with E-state index in [-0.39, 0.29) is 10.0 Å². The SMILES string of the molecule is CS(=O)(=O)c1ccnnc1Cl. The summed E-state index contributed by atoms with van der Waals surface area (Å²) in [5, 5.41) is 6.71. The van der Waals surface area contributed by atoms with Crippen molar-refractivity contribution in [3.05, 3.63) is 17.4 Å². The predicted molar refractivity (Wildman–Crippen MR) is 40.2 cm³/mol. The van der Waals surface area contributed by atoms with Crippen molar-refractivity contribution in [1.29, 1.82) is 0 Å². The Hall–Kier alpha value is -0.680. The molecule has 0 unspecified atom stereocenters. The van der Waals surface area contributed by atoms with E-state index < -0.39 is 9.84 Å². The fourth-order valence-electron chi connectivity index (χ4n) is 0.580. The lowest BCUT2D eigenvalue weighted by atomic mass is 10.6. The lowest BCUT2D eigenvalue weighted by molar-refractivity contribution is 0.601. The minimum Gasteiger partial charge on any atom is -0.224 e. The van der Waals surface area contributed by atoms with Gasteiger partial charge in [-0.3, -0.25) is 0 Å². The fraction of sp³-hybridized carbons (Fsp3) is 0.200. The molecule has 0 N–H and O–H groups in total. The Balaban J connectivity index is 3.37. The van der Waals surface area contributed by atoms with Crippen LogP contribution in [0.4, 0.5) is 0 Å². The summed E-state index contributed by atoms with van der Waals surface area (Å²) >= 11 is 5.46. The normalized spacial score (nSPS) is 11.5. The van der Waals surface area contributed by atoms with Crippen molar-refractivity contribution in [3.8, 4) is 0 Å². The highest BCUT2D eigenvalue weighted by Gasteiger charge is 2.11. The quantitative estimate of drug-likeness (QED) is 0.652. The van der Waals surface area contributed by atoms with Gasteiger partial charge in [0.05, 0.1) is 6.20 Å². The zero-order valence-electron chi connectivity index (χ0n) is 5.65. The lowest BCUT2D eigenvalue weighted by Gasteiger charge is -1.96. The molecule has 0 saturated heterocycles. The lowest BCUT2D eigenvalue weighted by Crippen LogP contribution is -1.99. The van der Waals surface area contributed by atoms with Gasteiger partial charge in [0.15, 0.2) is 15.0 Å². The molecule has 1 rings (SSSR count). The van der Waals surface area contributed by atoms with Gasteiger partial charge in [-0.1, -0.05) is 11.6 Å². The third-order valence-electron chi connectivity index (χ3n) is 1.04. The first-order valence-corrected chi connectivity index (χ1v) is 4.96. The van der Waals surface area contributed by atoms with Crippen molar-refractivity contribution in [2.75, 3.05) is 6.26 Å². The standard InChI is InChI=1S/C5H5ClN2O2S/c1-11(9,10)4-2-3-7-8-5(4)6/h2-3H,1H3. The van der Waals surface area contributed by atoms with Gasteiger partial charge in [0.25, 0.3) is 0 Å². The second-order valence-electron chi connectivity index (χ2n) is 1.96. The van der Waals surface area contributed by atoms with Crippen LogP contribution in [0.2, 0.25) is 5.15 Å². The molecule has 1 aromatic rings. The Kier molecular flexibility index (Phi) is 2.10. The average Bonchev–Trinajstić information content (AvgIpc) is 1.86. The number of aromatic nitrogens is 2. The summed E-state index contributed by atoms with van der Waals surface area (Å²) in [6.07, 6.45) is 2.35. The van der Waals surface area contributed by atoms with Crippen LogP contribution < -0.4 is 0 Å². The molecule has 4 nitrogen and oxygen atoms in total. The second kappa shape index (κ2) is 2.75. The Labute approximate surface area is 69.1 Å². The van der Waals surface area contributed by atoms with Crippen LogP contribution in [-0.2, 0) is 9.84 Å². The third kappa shape index (κ3) is 1.87. The third-order valence-corrected chi connectivity index (χ3v) is 2.56. The number of nitrogens with zero attached hydrogens (tertiary/aromatic N) is 2. The average molecular weight is 193 g/mol. The number of sulfone groups is 1. The first-order valence-electron chi connectivity index (χ1n) is 2.69. The maximum atomic E-state index is 10.9. The first kappa shape index (κ1) is 8.42. The molecule has 0 aliphatic carbocycles. The van der Waals surface area contributed by atoms with E-state index in [2.05, 4.69) is 10.2 Å². The summed E-state index contributed by atoms with van der Waals surface area (Å²) in [4.78, 5) is 0.00849. The van der Waals surface area contributed by atoms with E-state index in [9.17, 15) is 8.42 Å². The molecule has 0 atom stereocenters. The molecular weight excluding hydrogens is 188 g/mol. The van der Waals surface area contributed by atoms with Crippen LogP contribution in [0.5, 0.6) is 0 Å². The van der Waals surface area contributed by atoms with E-state index in [0.717, 1.165) is 6.26 Å². The molecule has 60 valence electrons. The van der Waals surface area contributed by atoms with Gasteiger partial charge in [0.2, 0.25) is 0 Å². The van der Waals surface area contributed by atoms with E-state index >= 15 is 0 Å².